The first-order valence-corrected chi connectivity index (χ1v) is 5.25. The third kappa shape index (κ3) is 2.42. The summed E-state index contributed by atoms with van der Waals surface area (Å²) >= 11 is 0. The highest BCUT2D eigenvalue weighted by Gasteiger charge is 2.11. The Morgan fingerprint density at radius 3 is 2.89 bits per heavy atom. The van der Waals surface area contributed by atoms with Gasteiger partial charge in [0.15, 0.2) is 5.82 Å². The first-order chi connectivity index (χ1) is 8.58. The molecule has 8 heteroatoms. The van der Waals surface area contributed by atoms with Crippen molar-refractivity contribution >= 4 is 11.5 Å². The van der Waals surface area contributed by atoms with E-state index in [4.69, 9.17) is 0 Å². The van der Waals surface area contributed by atoms with Crippen molar-refractivity contribution < 1.29 is 4.92 Å². The maximum Gasteiger partial charge on any atom is 0.290 e. The van der Waals surface area contributed by atoms with E-state index in [1.807, 2.05) is 7.05 Å². The predicted molar refractivity (Wildman–Crippen MR) is 64.0 cm³/mol. The van der Waals surface area contributed by atoms with Gasteiger partial charge in [-0.1, -0.05) is 0 Å². The molecule has 0 saturated carbocycles. The number of anilines is 1. The van der Waals surface area contributed by atoms with Gasteiger partial charge in [0.1, 0.15) is 18.3 Å². The van der Waals surface area contributed by atoms with Gasteiger partial charge < -0.3 is 9.88 Å². The maximum absolute atomic E-state index is 10.6. The van der Waals surface area contributed by atoms with Crippen LogP contribution in [0.5, 0.6) is 0 Å². The van der Waals surface area contributed by atoms with Gasteiger partial charge >= 0.3 is 0 Å². The van der Waals surface area contributed by atoms with E-state index < -0.39 is 4.92 Å². The molecule has 2 heterocycles. The van der Waals surface area contributed by atoms with Crippen molar-refractivity contribution in [3.8, 4) is 0 Å². The highest BCUT2D eigenvalue weighted by atomic mass is 16.6. The van der Waals surface area contributed by atoms with E-state index in [1.54, 1.807) is 23.9 Å². The van der Waals surface area contributed by atoms with E-state index in [0.29, 0.717) is 17.9 Å². The summed E-state index contributed by atoms with van der Waals surface area (Å²) in [7, 11) is 1.84. The van der Waals surface area contributed by atoms with Crippen molar-refractivity contribution in [3.63, 3.8) is 0 Å². The summed E-state index contributed by atoms with van der Waals surface area (Å²) < 4.78 is 1.78. The summed E-state index contributed by atoms with van der Waals surface area (Å²) in [4.78, 5) is 14.2. The van der Waals surface area contributed by atoms with Crippen LogP contribution in [-0.2, 0) is 13.6 Å². The lowest BCUT2D eigenvalue weighted by molar-refractivity contribution is -0.385. The second-order valence-corrected chi connectivity index (χ2v) is 3.82. The fraction of sp³-hybridized carbons (Fsp3) is 0.300. The van der Waals surface area contributed by atoms with E-state index in [0.717, 1.165) is 5.82 Å². The molecule has 2 aromatic rings. The van der Waals surface area contributed by atoms with Crippen molar-refractivity contribution in [1.82, 2.24) is 19.7 Å². The number of nitrogens with one attached hydrogen (secondary N) is 1. The molecule has 0 aromatic carbocycles. The van der Waals surface area contributed by atoms with E-state index in [1.165, 1.54) is 6.20 Å². The summed E-state index contributed by atoms with van der Waals surface area (Å²) in [6, 6.07) is 1.63. The molecule has 0 amide bonds. The number of hydrogen-bond acceptors (Lipinski definition) is 6. The molecule has 0 bridgehead atoms. The van der Waals surface area contributed by atoms with Gasteiger partial charge in [-0.25, -0.2) is 4.98 Å². The van der Waals surface area contributed by atoms with Crippen LogP contribution in [-0.4, -0.2) is 24.7 Å². The van der Waals surface area contributed by atoms with Gasteiger partial charge in [0.2, 0.25) is 0 Å². The molecular formula is C10H12N6O2. The van der Waals surface area contributed by atoms with Crippen LogP contribution in [0.25, 0.3) is 0 Å². The quantitative estimate of drug-likeness (QED) is 0.641. The molecule has 8 nitrogen and oxygen atoms in total. The number of pyridine rings is 1. The van der Waals surface area contributed by atoms with Crippen molar-refractivity contribution in [1.29, 1.82) is 0 Å². The molecule has 0 aliphatic heterocycles. The molecule has 0 radical (unpaired) electrons. The number of nitro groups is 1. The molecular weight excluding hydrogens is 236 g/mol. The van der Waals surface area contributed by atoms with Crippen LogP contribution in [0.2, 0.25) is 0 Å². The average Bonchev–Trinajstić information content (AvgIpc) is 2.72. The smallest absolute Gasteiger partial charge is 0.290 e. The number of hydrogen-bond donors (Lipinski definition) is 1. The fourth-order valence-corrected chi connectivity index (χ4v) is 1.47. The van der Waals surface area contributed by atoms with Gasteiger partial charge in [-0.05, 0) is 13.0 Å². The highest BCUT2D eigenvalue weighted by molar-refractivity contribution is 5.46. The van der Waals surface area contributed by atoms with Crippen LogP contribution < -0.4 is 5.32 Å². The molecule has 2 aromatic heterocycles. The normalized spacial score (nSPS) is 10.3. The second-order valence-electron chi connectivity index (χ2n) is 3.82. The minimum Gasteiger partial charge on any atom is -0.363 e. The molecule has 0 fully saturated rings. The molecule has 0 aliphatic carbocycles. The summed E-state index contributed by atoms with van der Waals surface area (Å²) in [5, 5.41) is 21.3. The average molecular weight is 248 g/mol. The Hall–Kier alpha value is -2.51. The van der Waals surface area contributed by atoms with Crippen LogP contribution in [0.1, 0.15) is 11.4 Å². The van der Waals surface area contributed by atoms with Crippen molar-refractivity contribution in [2.24, 2.45) is 7.05 Å². The Balaban J connectivity index is 2.09. The van der Waals surface area contributed by atoms with Crippen LogP contribution >= 0.6 is 0 Å². The van der Waals surface area contributed by atoms with Gasteiger partial charge in [-0.3, -0.25) is 10.1 Å². The Bertz CT molecular complexity index is 579. The lowest BCUT2D eigenvalue weighted by Gasteiger charge is -2.05. The molecule has 1 N–H and O–H groups in total. The zero-order valence-electron chi connectivity index (χ0n) is 9.99. The SMILES string of the molecule is Cc1cc(NCc2nncn2C)ncc1[N+](=O)[O-]. The summed E-state index contributed by atoms with van der Waals surface area (Å²) in [6.07, 6.45) is 2.85. The third-order valence-electron chi connectivity index (χ3n) is 2.51. The van der Waals surface area contributed by atoms with Crippen LogP contribution in [0.15, 0.2) is 18.6 Å². The van der Waals surface area contributed by atoms with E-state index in [2.05, 4.69) is 20.5 Å². The monoisotopic (exact) mass is 248 g/mol. The van der Waals surface area contributed by atoms with Gasteiger partial charge in [-0.2, -0.15) is 0 Å². The first kappa shape index (κ1) is 12.0. The Morgan fingerprint density at radius 1 is 1.56 bits per heavy atom. The van der Waals surface area contributed by atoms with Gasteiger partial charge in [-0.15, -0.1) is 10.2 Å². The number of aryl methyl sites for hydroxylation is 2. The highest BCUT2D eigenvalue weighted by Crippen LogP contribution is 2.18. The molecule has 0 aliphatic rings. The first-order valence-electron chi connectivity index (χ1n) is 5.25. The predicted octanol–water partition coefficient (Wildman–Crippen LogP) is 1.04. The maximum atomic E-state index is 10.6. The molecule has 0 spiro atoms. The summed E-state index contributed by atoms with van der Waals surface area (Å²) in [6.45, 7) is 2.13. The second kappa shape index (κ2) is 4.78. The van der Waals surface area contributed by atoms with Crippen molar-refractivity contribution in [2.45, 2.75) is 13.5 Å². The van der Waals surface area contributed by atoms with E-state index in [9.17, 15) is 10.1 Å². The molecule has 2 rings (SSSR count). The van der Waals surface area contributed by atoms with Crippen molar-refractivity contribution in [3.05, 3.63) is 40.1 Å². The van der Waals surface area contributed by atoms with Gasteiger partial charge in [0.25, 0.3) is 5.69 Å². The number of nitrogens with zero attached hydrogens (tertiary/aromatic N) is 5. The van der Waals surface area contributed by atoms with Crippen molar-refractivity contribution in [2.75, 3.05) is 5.32 Å². The number of aromatic nitrogens is 4. The molecule has 0 unspecified atom stereocenters. The molecule has 18 heavy (non-hydrogen) atoms. The van der Waals surface area contributed by atoms with E-state index >= 15 is 0 Å². The molecule has 94 valence electrons. The lowest BCUT2D eigenvalue weighted by Crippen LogP contribution is -2.07. The summed E-state index contributed by atoms with van der Waals surface area (Å²) in [5.74, 6) is 1.33. The zero-order chi connectivity index (χ0) is 13.1. The third-order valence-corrected chi connectivity index (χ3v) is 2.51. The fourth-order valence-electron chi connectivity index (χ4n) is 1.47. The molecule has 0 atom stereocenters. The van der Waals surface area contributed by atoms with Crippen LogP contribution in [0.3, 0.4) is 0 Å². The molecule has 0 saturated heterocycles. The standard InChI is InChI=1S/C10H12N6O2/c1-7-3-9(11-4-8(7)16(17)18)12-5-10-14-13-6-15(10)2/h3-4,6H,5H2,1-2H3,(H,11,12). The van der Waals surface area contributed by atoms with Crippen LogP contribution in [0.4, 0.5) is 11.5 Å². The van der Waals surface area contributed by atoms with Gasteiger partial charge in [0, 0.05) is 12.6 Å². The van der Waals surface area contributed by atoms with Gasteiger partial charge in [0.05, 0.1) is 11.5 Å². The Kier molecular flexibility index (Phi) is 3.18. The minimum absolute atomic E-state index is 0.0132. The number of rotatable bonds is 4. The summed E-state index contributed by atoms with van der Waals surface area (Å²) in [5.41, 5.74) is 0.578. The Labute approximate surface area is 103 Å². The lowest BCUT2D eigenvalue weighted by atomic mass is 10.2. The minimum atomic E-state index is -0.450. The van der Waals surface area contributed by atoms with E-state index in [-0.39, 0.29) is 5.69 Å². The topological polar surface area (TPSA) is 98.8 Å². The zero-order valence-corrected chi connectivity index (χ0v) is 9.99. The largest absolute Gasteiger partial charge is 0.363 e. The van der Waals surface area contributed by atoms with Crippen LogP contribution in [0, 0.1) is 17.0 Å². The Morgan fingerprint density at radius 2 is 2.33 bits per heavy atom.